The monoisotopic (exact) mass is 322 g/mol. The molecule has 6 heteroatoms. The maximum absolute atomic E-state index is 13.3. The number of hydrogen-bond acceptors (Lipinski definition) is 4. The van der Waals surface area contributed by atoms with E-state index in [0.717, 1.165) is 25.2 Å². The van der Waals surface area contributed by atoms with E-state index >= 15 is 0 Å². The summed E-state index contributed by atoms with van der Waals surface area (Å²) in [5, 5.41) is 9.80. The molecule has 2 saturated heterocycles. The van der Waals surface area contributed by atoms with Gasteiger partial charge in [0.15, 0.2) is 0 Å². The molecule has 2 atom stereocenters. The third-order valence-corrected chi connectivity index (χ3v) is 5.08. The molecular formula is C17H23FN2O3. The van der Waals surface area contributed by atoms with Gasteiger partial charge in [-0.1, -0.05) is 12.1 Å². The molecule has 126 valence electrons. The number of nitrogens with zero attached hydrogens (tertiary/aromatic N) is 2. The van der Waals surface area contributed by atoms with E-state index in [1.165, 1.54) is 12.1 Å². The summed E-state index contributed by atoms with van der Waals surface area (Å²) in [6.07, 6.45) is 0. The number of hydrogen-bond donors (Lipinski definition) is 1. The molecule has 0 aliphatic carbocycles. The van der Waals surface area contributed by atoms with Gasteiger partial charge in [-0.3, -0.25) is 14.6 Å². The van der Waals surface area contributed by atoms with Crippen LogP contribution in [-0.2, 0) is 16.1 Å². The second-order valence-electron chi connectivity index (χ2n) is 6.69. The third kappa shape index (κ3) is 3.24. The molecule has 2 heterocycles. The lowest BCUT2D eigenvalue weighted by Gasteiger charge is -2.25. The van der Waals surface area contributed by atoms with Crippen LogP contribution in [0.25, 0.3) is 0 Å². The zero-order chi connectivity index (χ0) is 16.4. The molecule has 0 unspecified atom stereocenters. The third-order valence-electron chi connectivity index (χ3n) is 5.08. The van der Waals surface area contributed by atoms with E-state index in [-0.39, 0.29) is 11.7 Å². The Balaban J connectivity index is 1.68. The fraction of sp³-hybridized carbons (Fsp3) is 0.588. The predicted octanol–water partition coefficient (Wildman–Crippen LogP) is 1.29. The minimum atomic E-state index is -0.718. The summed E-state index contributed by atoms with van der Waals surface area (Å²) in [5.74, 6) is -0.852. The standard InChI is InChI=1S/C17H23FN2O3/c1-23-6-5-19-9-14-10-20(12-17(14,11-19)16(21)22)8-13-3-2-4-15(18)7-13/h2-4,7,14H,5-6,8-12H2,1H3,(H,21,22)/t14-,17-/m0/s1. The fourth-order valence-electron chi connectivity index (χ4n) is 3.98. The van der Waals surface area contributed by atoms with E-state index < -0.39 is 11.4 Å². The number of ether oxygens (including phenoxy) is 1. The number of carbonyl (C=O) groups is 1. The summed E-state index contributed by atoms with van der Waals surface area (Å²) < 4.78 is 18.4. The first-order valence-electron chi connectivity index (χ1n) is 7.95. The molecule has 5 nitrogen and oxygen atoms in total. The van der Waals surface area contributed by atoms with Gasteiger partial charge in [-0.25, -0.2) is 4.39 Å². The lowest BCUT2D eigenvalue weighted by Crippen LogP contribution is -2.41. The lowest BCUT2D eigenvalue weighted by molar-refractivity contribution is -0.149. The number of carboxylic acids is 1. The van der Waals surface area contributed by atoms with Crippen molar-refractivity contribution in [2.45, 2.75) is 6.54 Å². The van der Waals surface area contributed by atoms with Crippen LogP contribution in [0.2, 0.25) is 0 Å². The fourth-order valence-corrected chi connectivity index (χ4v) is 3.98. The number of fused-ring (bicyclic) bond motifs is 1. The lowest BCUT2D eigenvalue weighted by atomic mass is 9.81. The second kappa shape index (κ2) is 6.55. The number of benzene rings is 1. The van der Waals surface area contributed by atoms with Gasteiger partial charge in [0, 0.05) is 52.3 Å². The number of likely N-dealkylation sites (tertiary alicyclic amines) is 2. The number of halogens is 1. The van der Waals surface area contributed by atoms with E-state index in [4.69, 9.17) is 4.74 Å². The van der Waals surface area contributed by atoms with Crippen LogP contribution in [-0.4, -0.2) is 67.3 Å². The number of methoxy groups -OCH3 is 1. The van der Waals surface area contributed by atoms with Gasteiger partial charge in [0.1, 0.15) is 5.82 Å². The minimum absolute atomic E-state index is 0.116. The molecule has 0 radical (unpaired) electrons. The Hall–Kier alpha value is -1.50. The van der Waals surface area contributed by atoms with Gasteiger partial charge in [-0.2, -0.15) is 0 Å². The van der Waals surface area contributed by atoms with Crippen LogP contribution in [0.5, 0.6) is 0 Å². The summed E-state index contributed by atoms with van der Waals surface area (Å²) >= 11 is 0. The van der Waals surface area contributed by atoms with E-state index in [2.05, 4.69) is 9.80 Å². The molecule has 0 aromatic heterocycles. The normalized spacial score (nSPS) is 28.2. The second-order valence-corrected chi connectivity index (χ2v) is 6.69. The average molecular weight is 322 g/mol. The van der Waals surface area contributed by atoms with Crippen molar-refractivity contribution in [3.63, 3.8) is 0 Å². The number of aliphatic carboxylic acids is 1. The Bertz CT molecular complexity index is 583. The van der Waals surface area contributed by atoms with Crippen LogP contribution in [0.15, 0.2) is 24.3 Å². The number of carboxylic acid groups (broad SMARTS) is 1. The van der Waals surface area contributed by atoms with Gasteiger partial charge < -0.3 is 9.84 Å². The van der Waals surface area contributed by atoms with Gasteiger partial charge >= 0.3 is 5.97 Å². The molecule has 3 rings (SSSR count). The Morgan fingerprint density at radius 3 is 2.78 bits per heavy atom. The summed E-state index contributed by atoms with van der Waals surface area (Å²) in [5.41, 5.74) is 0.183. The molecule has 0 spiro atoms. The van der Waals surface area contributed by atoms with Crippen LogP contribution in [0.3, 0.4) is 0 Å². The van der Waals surface area contributed by atoms with Gasteiger partial charge in [0.2, 0.25) is 0 Å². The molecule has 1 aromatic carbocycles. The Kier molecular flexibility index (Phi) is 4.66. The van der Waals surface area contributed by atoms with Crippen LogP contribution >= 0.6 is 0 Å². The zero-order valence-electron chi connectivity index (χ0n) is 13.4. The first-order chi connectivity index (χ1) is 11.0. The minimum Gasteiger partial charge on any atom is -0.481 e. The molecule has 0 saturated carbocycles. The van der Waals surface area contributed by atoms with Gasteiger partial charge in [-0.05, 0) is 17.7 Å². The van der Waals surface area contributed by atoms with Crippen molar-refractivity contribution in [3.8, 4) is 0 Å². The molecule has 2 aliphatic heterocycles. The average Bonchev–Trinajstić information content (AvgIpc) is 2.99. The van der Waals surface area contributed by atoms with E-state index in [9.17, 15) is 14.3 Å². The Morgan fingerprint density at radius 1 is 1.39 bits per heavy atom. The molecular weight excluding hydrogens is 299 g/mol. The van der Waals surface area contributed by atoms with Crippen molar-refractivity contribution in [1.29, 1.82) is 0 Å². The summed E-state index contributed by atoms with van der Waals surface area (Å²) in [6.45, 7) is 4.60. The van der Waals surface area contributed by atoms with Crippen LogP contribution < -0.4 is 0 Å². The zero-order valence-corrected chi connectivity index (χ0v) is 13.4. The van der Waals surface area contributed by atoms with Gasteiger partial charge in [0.05, 0.1) is 12.0 Å². The van der Waals surface area contributed by atoms with Crippen molar-refractivity contribution < 1.29 is 19.0 Å². The predicted molar refractivity (Wildman–Crippen MR) is 83.6 cm³/mol. The molecule has 2 aliphatic rings. The highest BCUT2D eigenvalue weighted by molar-refractivity contribution is 5.77. The van der Waals surface area contributed by atoms with Crippen LogP contribution in [0, 0.1) is 17.2 Å². The van der Waals surface area contributed by atoms with Gasteiger partial charge in [0.25, 0.3) is 0 Å². The molecule has 1 aromatic rings. The molecule has 0 bridgehead atoms. The van der Waals surface area contributed by atoms with Crippen molar-refractivity contribution in [1.82, 2.24) is 9.80 Å². The number of rotatable bonds is 6. The van der Waals surface area contributed by atoms with E-state index in [0.29, 0.717) is 26.2 Å². The Morgan fingerprint density at radius 2 is 2.13 bits per heavy atom. The molecule has 0 amide bonds. The van der Waals surface area contributed by atoms with Crippen molar-refractivity contribution in [2.24, 2.45) is 11.3 Å². The first-order valence-corrected chi connectivity index (χ1v) is 7.95. The van der Waals surface area contributed by atoms with E-state index in [1.807, 2.05) is 6.07 Å². The largest absolute Gasteiger partial charge is 0.481 e. The maximum Gasteiger partial charge on any atom is 0.312 e. The summed E-state index contributed by atoms with van der Waals surface area (Å²) in [4.78, 5) is 16.3. The smallest absolute Gasteiger partial charge is 0.312 e. The van der Waals surface area contributed by atoms with E-state index in [1.54, 1.807) is 13.2 Å². The quantitative estimate of drug-likeness (QED) is 0.855. The Labute approximate surface area is 135 Å². The van der Waals surface area contributed by atoms with Crippen LogP contribution in [0.4, 0.5) is 4.39 Å². The van der Waals surface area contributed by atoms with Gasteiger partial charge in [-0.15, -0.1) is 0 Å². The highest BCUT2D eigenvalue weighted by Gasteiger charge is 2.57. The maximum atomic E-state index is 13.3. The SMILES string of the molecule is COCCN1C[C@H]2CN(Cc3cccc(F)c3)C[C@@]2(C(=O)O)C1. The van der Waals surface area contributed by atoms with Crippen molar-refractivity contribution in [2.75, 3.05) is 46.4 Å². The highest BCUT2D eigenvalue weighted by atomic mass is 19.1. The summed E-state index contributed by atoms with van der Waals surface area (Å²) in [7, 11) is 1.66. The first kappa shape index (κ1) is 16.4. The molecule has 23 heavy (non-hydrogen) atoms. The van der Waals surface area contributed by atoms with Crippen LogP contribution in [0.1, 0.15) is 5.56 Å². The van der Waals surface area contributed by atoms with Crippen molar-refractivity contribution in [3.05, 3.63) is 35.6 Å². The molecule has 1 N–H and O–H groups in total. The summed E-state index contributed by atoms with van der Waals surface area (Å²) in [6, 6.07) is 6.53. The highest BCUT2D eigenvalue weighted by Crippen LogP contribution is 2.43. The molecule has 2 fully saturated rings. The topological polar surface area (TPSA) is 53.0 Å². The van der Waals surface area contributed by atoms with Crippen molar-refractivity contribution >= 4 is 5.97 Å².